The van der Waals surface area contributed by atoms with Crippen molar-refractivity contribution in [2.24, 2.45) is 0 Å². The summed E-state index contributed by atoms with van der Waals surface area (Å²) in [5, 5.41) is 2.85. The summed E-state index contributed by atoms with van der Waals surface area (Å²) >= 11 is 3.41. The van der Waals surface area contributed by atoms with Crippen molar-refractivity contribution in [2.75, 3.05) is 11.4 Å². The van der Waals surface area contributed by atoms with E-state index >= 15 is 0 Å². The van der Waals surface area contributed by atoms with Gasteiger partial charge in [0.1, 0.15) is 0 Å². The van der Waals surface area contributed by atoms with Gasteiger partial charge in [-0.05, 0) is 31.5 Å². The van der Waals surface area contributed by atoms with Gasteiger partial charge in [-0.1, -0.05) is 22.0 Å². The Morgan fingerprint density at radius 1 is 1.53 bits per heavy atom. The fourth-order valence-electron chi connectivity index (χ4n) is 1.80. The Morgan fingerprint density at radius 2 is 2.33 bits per heavy atom. The number of halogens is 1. The maximum Gasteiger partial charge on any atom is 0.322 e. The van der Waals surface area contributed by atoms with E-state index < -0.39 is 0 Å². The maximum atomic E-state index is 11.7. The average Bonchev–Trinajstić information content (AvgIpc) is 2.17. The Kier molecular flexibility index (Phi) is 2.95. The van der Waals surface area contributed by atoms with Gasteiger partial charge in [0.15, 0.2) is 0 Å². The van der Waals surface area contributed by atoms with E-state index in [2.05, 4.69) is 28.2 Å². The number of nitrogens with zero attached hydrogens (tertiary/aromatic N) is 1. The molecule has 0 radical (unpaired) electrons. The van der Waals surface area contributed by atoms with E-state index in [0.29, 0.717) is 0 Å². The molecule has 0 aromatic heterocycles. The van der Waals surface area contributed by atoms with Crippen molar-refractivity contribution in [1.82, 2.24) is 5.32 Å². The van der Waals surface area contributed by atoms with E-state index in [1.807, 2.05) is 24.3 Å². The highest BCUT2D eigenvalue weighted by molar-refractivity contribution is 9.10. The van der Waals surface area contributed by atoms with E-state index in [1.165, 1.54) is 0 Å². The highest BCUT2D eigenvalue weighted by Crippen LogP contribution is 2.24. The highest BCUT2D eigenvalue weighted by Gasteiger charge is 2.25. The molecule has 4 heteroatoms. The molecule has 1 heterocycles. The lowest BCUT2D eigenvalue weighted by Gasteiger charge is -2.33. The zero-order valence-electron chi connectivity index (χ0n) is 8.53. The molecule has 0 aliphatic carbocycles. The molecule has 0 saturated carbocycles. The van der Waals surface area contributed by atoms with Crippen LogP contribution in [0.4, 0.5) is 10.5 Å². The standard InChI is InChI=1S/C11H13BrN2O/c1-8-5-6-13-11(15)14(8)10-4-2-3-9(12)7-10/h2-4,7-8H,5-6H2,1H3,(H,13,15). The van der Waals surface area contributed by atoms with Crippen LogP contribution in [0.15, 0.2) is 28.7 Å². The molecule has 1 unspecified atom stereocenters. The smallest absolute Gasteiger partial charge is 0.322 e. The third-order valence-electron chi connectivity index (χ3n) is 2.58. The molecule has 1 aromatic rings. The molecule has 1 aliphatic heterocycles. The lowest BCUT2D eigenvalue weighted by molar-refractivity contribution is 0.239. The molecule has 2 rings (SSSR count). The van der Waals surface area contributed by atoms with Gasteiger partial charge in [0.2, 0.25) is 0 Å². The van der Waals surface area contributed by atoms with Gasteiger partial charge in [-0.25, -0.2) is 4.79 Å². The predicted octanol–water partition coefficient (Wildman–Crippen LogP) is 2.76. The van der Waals surface area contributed by atoms with E-state index in [9.17, 15) is 4.79 Å². The molecule has 1 atom stereocenters. The van der Waals surface area contributed by atoms with Gasteiger partial charge >= 0.3 is 6.03 Å². The third kappa shape index (κ3) is 2.15. The number of anilines is 1. The molecule has 3 nitrogen and oxygen atoms in total. The van der Waals surface area contributed by atoms with Crippen LogP contribution in [0.1, 0.15) is 13.3 Å². The van der Waals surface area contributed by atoms with Gasteiger partial charge in [-0.15, -0.1) is 0 Å². The summed E-state index contributed by atoms with van der Waals surface area (Å²) in [5.74, 6) is 0. The maximum absolute atomic E-state index is 11.7. The number of rotatable bonds is 1. The van der Waals surface area contributed by atoms with Crippen LogP contribution in [-0.2, 0) is 0 Å². The second-order valence-corrected chi connectivity index (χ2v) is 4.64. The highest BCUT2D eigenvalue weighted by atomic mass is 79.9. The van der Waals surface area contributed by atoms with E-state index in [4.69, 9.17) is 0 Å². The molecule has 1 N–H and O–H groups in total. The Hall–Kier alpha value is -1.03. The Labute approximate surface area is 97.6 Å². The third-order valence-corrected chi connectivity index (χ3v) is 3.08. The number of amides is 2. The van der Waals surface area contributed by atoms with Gasteiger partial charge in [0, 0.05) is 22.7 Å². The Bertz CT molecular complexity index is 381. The van der Waals surface area contributed by atoms with Crippen molar-refractivity contribution in [3.8, 4) is 0 Å². The van der Waals surface area contributed by atoms with E-state index in [0.717, 1.165) is 23.1 Å². The summed E-state index contributed by atoms with van der Waals surface area (Å²) in [6.45, 7) is 2.84. The molecule has 1 aromatic carbocycles. The number of carbonyl (C=O) groups excluding carboxylic acids is 1. The van der Waals surface area contributed by atoms with Crippen LogP contribution in [0.2, 0.25) is 0 Å². The van der Waals surface area contributed by atoms with E-state index in [1.54, 1.807) is 4.90 Å². The molecule has 1 aliphatic rings. The number of urea groups is 1. The summed E-state index contributed by atoms with van der Waals surface area (Å²) in [5.41, 5.74) is 0.939. The van der Waals surface area contributed by atoms with Crippen molar-refractivity contribution in [2.45, 2.75) is 19.4 Å². The minimum atomic E-state index is -0.00755. The predicted molar refractivity (Wildman–Crippen MR) is 64.1 cm³/mol. The van der Waals surface area contributed by atoms with Crippen LogP contribution >= 0.6 is 15.9 Å². The zero-order chi connectivity index (χ0) is 10.8. The normalized spacial score (nSPS) is 21.3. The first-order chi connectivity index (χ1) is 7.18. The van der Waals surface area contributed by atoms with Crippen LogP contribution in [-0.4, -0.2) is 18.6 Å². The van der Waals surface area contributed by atoms with Crippen molar-refractivity contribution < 1.29 is 4.79 Å². The fraction of sp³-hybridized carbons (Fsp3) is 0.364. The zero-order valence-corrected chi connectivity index (χ0v) is 10.1. The minimum absolute atomic E-state index is 0.00755. The number of hydrogen-bond acceptors (Lipinski definition) is 1. The van der Waals surface area contributed by atoms with Crippen LogP contribution in [0.5, 0.6) is 0 Å². The summed E-state index contributed by atoms with van der Waals surface area (Å²) in [4.78, 5) is 13.5. The first-order valence-electron chi connectivity index (χ1n) is 5.01. The van der Waals surface area contributed by atoms with Crippen molar-refractivity contribution in [1.29, 1.82) is 0 Å². The Morgan fingerprint density at radius 3 is 3.00 bits per heavy atom. The summed E-state index contributed by atoms with van der Waals surface area (Å²) < 4.78 is 0.991. The molecule has 15 heavy (non-hydrogen) atoms. The topological polar surface area (TPSA) is 32.3 Å². The van der Waals surface area contributed by atoms with Crippen molar-refractivity contribution >= 4 is 27.6 Å². The Balaban J connectivity index is 2.31. The van der Waals surface area contributed by atoms with Gasteiger partial charge in [-0.3, -0.25) is 4.90 Å². The van der Waals surface area contributed by atoms with Crippen molar-refractivity contribution in [3.63, 3.8) is 0 Å². The first kappa shape index (κ1) is 10.5. The quantitative estimate of drug-likeness (QED) is 0.835. The molecular weight excluding hydrogens is 256 g/mol. The molecule has 0 bridgehead atoms. The second kappa shape index (κ2) is 4.23. The molecule has 1 fully saturated rings. The van der Waals surface area contributed by atoms with Gasteiger partial charge in [-0.2, -0.15) is 0 Å². The van der Waals surface area contributed by atoms with Crippen LogP contribution < -0.4 is 10.2 Å². The number of carbonyl (C=O) groups is 1. The second-order valence-electron chi connectivity index (χ2n) is 3.72. The van der Waals surface area contributed by atoms with Gasteiger partial charge < -0.3 is 5.32 Å². The van der Waals surface area contributed by atoms with Crippen molar-refractivity contribution in [3.05, 3.63) is 28.7 Å². The fourth-order valence-corrected chi connectivity index (χ4v) is 2.19. The summed E-state index contributed by atoms with van der Waals surface area (Å²) in [6.07, 6.45) is 0.984. The van der Waals surface area contributed by atoms with Crippen LogP contribution in [0.3, 0.4) is 0 Å². The minimum Gasteiger partial charge on any atom is -0.338 e. The summed E-state index contributed by atoms with van der Waals surface area (Å²) in [6, 6.07) is 8.05. The first-order valence-corrected chi connectivity index (χ1v) is 5.80. The van der Waals surface area contributed by atoms with Gasteiger partial charge in [0.05, 0.1) is 0 Å². The number of hydrogen-bond donors (Lipinski definition) is 1. The molecule has 1 saturated heterocycles. The lowest BCUT2D eigenvalue weighted by Crippen LogP contribution is -2.51. The largest absolute Gasteiger partial charge is 0.338 e. The van der Waals surface area contributed by atoms with Crippen LogP contribution in [0.25, 0.3) is 0 Å². The average molecular weight is 269 g/mol. The molecule has 0 spiro atoms. The van der Waals surface area contributed by atoms with Gasteiger partial charge in [0.25, 0.3) is 0 Å². The SMILES string of the molecule is CC1CCNC(=O)N1c1cccc(Br)c1. The molecule has 80 valence electrons. The lowest BCUT2D eigenvalue weighted by atomic mass is 10.1. The monoisotopic (exact) mass is 268 g/mol. The van der Waals surface area contributed by atoms with Crippen LogP contribution in [0, 0.1) is 0 Å². The molecular formula is C11H13BrN2O. The number of nitrogens with one attached hydrogen (secondary N) is 1. The summed E-state index contributed by atoms with van der Waals surface area (Å²) in [7, 11) is 0. The molecule has 2 amide bonds. The number of benzene rings is 1. The van der Waals surface area contributed by atoms with E-state index in [-0.39, 0.29) is 12.1 Å².